The number of nitrogens with zero attached hydrogens (tertiary/aromatic N) is 1. The first-order valence-corrected chi connectivity index (χ1v) is 5.39. The fourth-order valence-electron chi connectivity index (χ4n) is 1.62. The molecular weight excluding hydrogens is 226 g/mol. The maximum atomic E-state index is 14.0. The molecule has 0 atom stereocenters. The monoisotopic (exact) mass is 242 g/mol. The van der Waals surface area contributed by atoms with Gasteiger partial charge in [0.1, 0.15) is 0 Å². The van der Waals surface area contributed by atoms with Gasteiger partial charge in [-0.25, -0.2) is 0 Å². The predicted octanol–water partition coefficient (Wildman–Crippen LogP) is 2.06. The van der Waals surface area contributed by atoms with Gasteiger partial charge in [0, 0.05) is 25.6 Å². The summed E-state index contributed by atoms with van der Waals surface area (Å²) in [6.07, 6.45) is 0. The lowest BCUT2D eigenvalue weighted by atomic mass is 10.1. The number of alkyl halides is 2. The highest BCUT2D eigenvalue weighted by molar-refractivity contribution is 5.74. The lowest BCUT2D eigenvalue weighted by Gasteiger charge is -2.29. The fraction of sp³-hybridized carbons (Fsp3) is 0.417. The van der Waals surface area contributed by atoms with Crippen LogP contribution >= 0.6 is 0 Å². The van der Waals surface area contributed by atoms with E-state index in [1.807, 2.05) is 0 Å². The molecule has 5 heteroatoms. The molecule has 0 aromatic heterocycles. The lowest BCUT2D eigenvalue weighted by molar-refractivity contribution is -0.175. The SMILES string of the molecule is CCN(C(C)=O)C(F)(F)c1ccc(CN)cc1. The Labute approximate surface area is 99.2 Å². The number of carbonyl (C=O) groups is 1. The number of halogens is 2. The van der Waals surface area contributed by atoms with Crippen molar-refractivity contribution in [3.05, 3.63) is 35.4 Å². The van der Waals surface area contributed by atoms with Gasteiger partial charge < -0.3 is 5.73 Å². The molecule has 94 valence electrons. The van der Waals surface area contributed by atoms with E-state index in [0.717, 1.165) is 12.5 Å². The molecular formula is C12H16F2N2O. The third kappa shape index (κ3) is 2.79. The van der Waals surface area contributed by atoms with Gasteiger partial charge in [-0.2, -0.15) is 8.78 Å². The van der Waals surface area contributed by atoms with E-state index in [1.54, 1.807) is 0 Å². The first kappa shape index (κ1) is 13.6. The van der Waals surface area contributed by atoms with E-state index < -0.39 is 12.0 Å². The summed E-state index contributed by atoms with van der Waals surface area (Å²) < 4.78 is 28.0. The van der Waals surface area contributed by atoms with Crippen LogP contribution in [0.1, 0.15) is 25.0 Å². The number of hydrogen-bond donors (Lipinski definition) is 1. The van der Waals surface area contributed by atoms with Gasteiger partial charge in [0.05, 0.1) is 0 Å². The van der Waals surface area contributed by atoms with Gasteiger partial charge in [-0.15, -0.1) is 0 Å². The van der Waals surface area contributed by atoms with Crippen LogP contribution in [0.3, 0.4) is 0 Å². The molecule has 1 rings (SSSR count). The average molecular weight is 242 g/mol. The molecule has 0 aliphatic carbocycles. The smallest absolute Gasteiger partial charge is 0.326 e. The molecule has 3 nitrogen and oxygen atoms in total. The molecule has 0 saturated heterocycles. The molecule has 0 spiro atoms. The van der Waals surface area contributed by atoms with Crippen molar-refractivity contribution in [2.24, 2.45) is 5.73 Å². The van der Waals surface area contributed by atoms with Crippen LogP contribution < -0.4 is 5.73 Å². The minimum absolute atomic E-state index is 0.0407. The summed E-state index contributed by atoms with van der Waals surface area (Å²) in [5.41, 5.74) is 5.96. The number of amides is 1. The number of nitrogens with two attached hydrogens (primary N) is 1. The molecule has 0 unspecified atom stereocenters. The second kappa shape index (κ2) is 5.23. The molecule has 0 saturated carbocycles. The van der Waals surface area contributed by atoms with E-state index >= 15 is 0 Å². The summed E-state index contributed by atoms with van der Waals surface area (Å²) in [4.78, 5) is 11.7. The van der Waals surface area contributed by atoms with Crippen molar-refractivity contribution >= 4 is 5.91 Å². The molecule has 0 radical (unpaired) electrons. The van der Waals surface area contributed by atoms with Crippen LogP contribution in [0.15, 0.2) is 24.3 Å². The number of benzene rings is 1. The molecule has 0 bridgehead atoms. The van der Waals surface area contributed by atoms with Crippen LogP contribution in [0.5, 0.6) is 0 Å². The predicted molar refractivity (Wildman–Crippen MR) is 61.3 cm³/mol. The molecule has 1 aromatic rings. The van der Waals surface area contributed by atoms with E-state index in [9.17, 15) is 13.6 Å². The third-order valence-corrected chi connectivity index (χ3v) is 2.57. The fourth-order valence-corrected chi connectivity index (χ4v) is 1.62. The molecule has 0 aliphatic rings. The van der Waals surface area contributed by atoms with Gasteiger partial charge in [-0.05, 0) is 12.5 Å². The summed E-state index contributed by atoms with van der Waals surface area (Å²) in [5, 5.41) is 0. The van der Waals surface area contributed by atoms with Crippen LogP contribution in [0, 0.1) is 0 Å². The normalized spacial score (nSPS) is 11.4. The Hall–Kier alpha value is -1.49. The lowest BCUT2D eigenvalue weighted by Crippen LogP contribution is -2.42. The van der Waals surface area contributed by atoms with Crippen LogP contribution in [0.2, 0.25) is 0 Å². The zero-order valence-corrected chi connectivity index (χ0v) is 9.91. The Morgan fingerprint density at radius 3 is 2.24 bits per heavy atom. The standard InChI is InChI=1S/C12H16F2N2O/c1-3-16(9(2)17)12(13,14)11-6-4-10(8-15)5-7-11/h4-7H,3,8,15H2,1-2H3. The van der Waals surface area contributed by atoms with Gasteiger partial charge in [-0.1, -0.05) is 24.3 Å². The van der Waals surface area contributed by atoms with Gasteiger partial charge >= 0.3 is 6.05 Å². The molecule has 2 N–H and O–H groups in total. The molecule has 0 fully saturated rings. The molecule has 17 heavy (non-hydrogen) atoms. The second-order valence-electron chi connectivity index (χ2n) is 3.71. The van der Waals surface area contributed by atoms with E-state index in [-0.39, 0.29) is 12.1 Å². The first-order valence-electron chi connectivity index (χ1n) is 5.39. The largest absolute Gasteiger partial charge is 0.354 e. The van der Waals surface area contributed by atoms with E-state index in [0.29, 0.717) is 11.4 Å². The van der Waals surface area contributed by atoms with Crippen LogP contribution in [0.4, 0.5) is 8.78 Å². The highest BCUT2D eigenvalue weighted by Crippen LogP contribution is 2.32. The Morgan fingerprint density at radius 1 is 1.35 bits per heavy atom. The van der Waals surface area contributed by atoms with Crippen LogP contribution in [-0.4, -0.2) is 17.4 Å². The maximum Gasteiger partial charge on any atom is 0.354 e. The van der Waals surface area contributed by atoms with E-state index in [4.69, 9.17) is 5.73 Å². The van der Waals surface area contributed by atoms with Crippen molar-refractivity contribution < 1.29 is 13.6 Å². The topological polar surface area (TPSA) is 46.3 Å². The maximum absolute atomic E-state index is 14.0. The molecule has 0 aliphatic heterocycles. The number of carbonyl (C=O) groups excluding carboxylic acids is 1. The minimum atomic E-state index is -3.28. The minimum Gasteiger partial charge on any atom is -0.326 e. The summed E-state index contributed by atoms with van der Waals surface area (Å²) in [6, 6.07) is 2.39. The third-order valence-electron chi connectivity index (χ3n) is 2.57. The van der Waals surface area contributed by atoms with E-state index in [1.165, 1.54) is 31.2 Å². The number of hydrogen-bond acceptors (Lipinski definition) is 2. The molecule has 1 aromatic carbocycles. The average Bonchev–Trinajstić information content (AvgIpc) is 2.29. The Balaban J connectivity index is 3.06. The van der Waals surface area contributed by atoms with Crippen molar-refractivity contribution in [1.29, 1.82) is 0 Å². The quantitative estimate of drug-likeness (QED) is 0.821. The summed E-state index contributed by atoms with van der Waals surface area (Å²) >= 11 is 0. The van der Waals surface area contributed by atoms with Gasteiger partial charge in [0.2, 0.25) is 5.91 Å². The zero-order chi connectivity index (χ0) is 13.1. The summed E-state index contributed by atoms with van der Waals surface area (Å²) in [5.74, 6) is -0.652. The van der Waals surface area contributed by atoms with Gasteiger partial charge in [0.15, 0.2) is 0 Å². The molecule has 0 heterocycles. The number of rotatable bonds is 4. The van der Waals surface area contributed by atoms with Crippen LogP contribution in [-0.2, 0) is 17.4 Å². The van der Waals surface area contributed by atoms with Gasteiger partial charge in [0.25, 0.3) is 0 Å². The highest BCUT2D eigenvalue weighted by atomic mass is 19.3. The highest BCUT2D eigenvalue weighted by Gasteiger charge is 2.39. The first-order chi connectivity index (χ1) is 7.93. The Morgan fingerprint density at radius 2 is 1.88 bits per heavy atom. The van der Waals surface area contributed by atoms with Crippen molar-refractivity contribution in [3.63, 3.8) is 0 Å². The molecule has 1 amide bonds. The van der Waals surface area contributed by atoms with Crippen molar-refractivity contribution in [1.82, 2.24) is 4.90 Å². The zero-order valence-electron chi connectivity index (χ0n) is 9.91. The van der Waals surface area contributed by atoms with Crippen LogP contribution in [0.25, 0.3) is 0 Å². The van der Waals surface area contributed by atoms with Crippen molar-refractivity contribution in [2.75, 3.05) is 6.54 Å². The second-order valence-corrected chi connectivity index (χ2v) is 3.71. The van der Waals surface area contributed by atoms with Gasteiger partial charge in [-0.3, -0.25) is 9.69 Å². The Kier molecular flexibility index (Phi) is 4.17. The summed E-state index contributed by atoms with van der Waals surface area (Å²) in [7, 11) is 0. The van der Waals surface area contributed by atoms with E-state index in [2.05, 4.69) is 0 Å². The Bertz CT molecular complexity index is 390. The summed E-state index contributed by atoms with van der Waals surface area (Å²) in [6.45, 7) is 2.91. The van der Waals surface area contributed by atoms with Crippen molar-refractivity contribution in [2.45, 2.75) is 26.4 Å². The van der Waals surface area contributed by atoms with Crippen molar-refractivity contribution in [3.8, 4) is 0 Å².